The molecular weight excluding hydrogens is 415 g/mol. The van der Waals surface area contributed by atoms with Gasteiger partial charge in [0.15, 0.2) is 0 Å². The highest BCUT2D eigenvalue weighted by Gasteiger charge is 2.33. The molecule has 0 saturated heterocycles. The third-order valence-corrected chi connectivity index (χ3v) is 5.53. The van der Waals surface area contributed by atoms with Crippen molar-refractivity contribution >= 4 is 28.4 Å². The Labute approximate surface area is 174 Å². The molecule has 0 spiro atoms. The molecule has 0 saturated carbocycles. The third-order valence-electron chi connectivity index (χ3n) is 4.54. The number of nitrogens with zero attached hydrogens (tertiary/aromatic N) is 2. The van der Waals surface area contributed by atoms with E-state index in [1.807, 2.05) is 37.3 Å². The van der Waals surface area contributed by atoms with Crippen LogP contribution in [0.15, 0.2) is 60.4 Å². The molecule has 0 bridgehead atoms. The maximum absolute atomic E-state index is 12.3. The van der Waals surface area contributed by atoms with Gasteiger partial charge in [0.1, 0.15) is 22.4 Å². The van der Waals surface area contributed by atoms with Gasteiger partial charge in [-0.25, -0.2) is 4.98 Å². The van der Waals surface area contributed by atoms with E-state index in [4.69, 9.17) is 5.41 Å². The van der Waals surface area contributed by atoms with Crippen LogP contribution in [0.25, 0.3) is 16.8 Å². The number of thiazole rings is 1. The molecule has 0 unspecified atom stereocenters. The molecule has 9 heteroatoms. The second kappa shape index (κ2) is 7.49. The number of anilines is 1. The van der Waals surface area contributed by atoms with E-state index in [9.17, 15) is 18.3 Å². The second-order valence-electron chi connectivity index (χ2n) is 6.59. The van der Waals surface area contributed by atoms with Crippen LogP contribution in [0.2, 0.25) is 0 Å². The number of aryl methyl sites for hydroxylation is 1. The summed E-state index contributed by atoms with van der Waals surface area (Å²) in [6.07, 6.45) is -4.77. The van der Waals surface area contributed by atoms with Gasteiger partial charge in [-0.1, -0.05) is 30.3 Å². The number of rotatable bonds is 4. The van der Waals surface area contributed by atoms with E-state index in [0.717, 1.165) is 16.1 Å². The summed E-state index contributed by atoms with van der Waals surface area (Å²) >= 11 is 1.38. The van der Waals surface area contributed by atoms with Crippen LogP contribution in [0, 0.1) is 12.3 Å². The first-order valence-corrected chi connectivity index (χ1v) is 9.72. The fourth-order valence-corrected chi connectivity index (χ4v) is 4.22. The van der Waals surface area contributed by atoms with Gasteiger partial charge in [-0.05, 0) is 31.2 Å². The summed E-state index contributed by atoms with van der Waals surface area (Å²) in [5, 5.41) is 19.5. The van der Waals surface area contributed by atoms with Crippen molar-refractivity contribution in [3.05, 3.63) is 70.2 Å². The Hall–Kier alpha value is -3.33. The minimum Gasteiger partial charge on any atom is -0.510 e. The summed E-state index contributed by atoms with van der Waals surface area (Å²) in [7, 11) is 0. The highest BCUT2D eigenvalue weighted by Crippen LogP contribution is 2.37. The molecule has 4 rings (SSSR count). The first-order valence-electron chi connectivity index (χ1n) is 8.90. The molecule has 154 valence electrons. The van der Waals surface area contributed by atoms with Crippen LogP contribution in [0.5, 0.6) is 5.75 Å². The highest BCUT2D eigenvalue weighted by atomic mass is 32.1. The number of halogens is 3. The smallest absolute Gasteiger partial charge is 0.510 e. The topological polar surface area (TPSA) is 69.4 Å². The number of ether oxygens (including phenoxy) is 1. The van der Waals surface area contributed by atoms with Gasteiger partial charge in [-0.3, -0.25) is 5.41 Å². The molecule has 0 aliphatic carbocycles. The second-order valence-corrected chi connectivity index (χ2v) is 7.79. The van der Waals surface area contributed by atoms with E-state index in [1.165, 1.54) is 40.5 Å². The number of amidine groups is 1. The minimum absolute atomic E-state index is 0.0102. The van der Waals surface area contributed by atoms with Crippen molar-refractivity contribution in [2.24, 2.45) is 0 Å². The zero-order chi connectivity index (χ0) is 21.5. The quantitative estimate of drug-likeness (QED) is 0.549. The molecule has 0 atom stereocenters. The SMILES string of the molecule is Cc1sc(C2=C(O)CN(c3ccc(OC(F)(F)F)cc3)C2=N)nc1-c1ccccc1. The summed E-state index contributed by atoms with van der Waals surface area (Å²) in [4.78, 5) is 7.09. The van der Waals surface area contributed by atoms with Gasteiger partial charge in [0.25, 0.3) is 0 Å². The molecule has 2 aromatic carbocycles. The lowest BCUT2D eigenvalue weighted by molar-refractivity contribution is -0.274. The highest BCUT2D eigenvalue weighted by molar-refractivity contribution is 7.13. The molecule has 2 N–H and O–H groups in total. The molecule has 30 heavy (non-hydrogen) atoms. The lowest BCUT2D eigenvalue weighted by Gasteiger charge is -2.19. The Morgan fingerprint density at radius 2 is 1.77 bits per heavy atom. The molecule has 1 aromatic heterocycles. The Morgan fingerprint density at radius 3 is 2.40 bits per heavy atom. The number of aliphatic hydroxyl groups excluding tert-OH is 1. The molecule has 0 fully saturated rings. The lowest BCUT2D eigenvalue weighted by atomic mass is 10.1. The Bertz CT molecular complexity index is 1120. The van der Waals surface area contributed by atoms with Crippen LogP contribution in [0.1, 0.15) is 9.88 Å². The van der Waals surface area contributed by atoms with Gasteiger partial charge in [0.05, 0.1) is 17.8 Å². The van der Waals surface area contributed by atoms with E-state index in [2.05, 4.69) is 9.72 Å². The van der Waals surface area contributed by atoms with Crippen molar-refractivity contribution < 1.29 is 23.0 Å². The predicted molar refractivity (Wildman–Crippen MR) is 110 cm³/mol. The van der Waals surface area contributed by atoms with E-state index in [1.54, 1.807) is 0 Å². The molecular formula is C21H16F3N3O2S. The van der Waals surface area contributed by atoms with E-state index in [0.29, 0.717) is 16.3 Å². The third kappa shape index (κ3) is 3.88. The Kier molecular flexibility index (Phi) is 4.98. The van der Waals surface area contributed by atoms with Gasteiger partial charge in [-0.15, -0.1) is 24.5 Å². The van der Waals surface area contributed by atoms with Crippen molar-refractivity contribution in [3.63, 3.8) is 0 Å². The van der Waals surface area contributed by atoms with Crippen molar-refractivity contribution in [2.75, 3.05) is 11.4 Å². The monoisotopic (exact) mass is 431 g/mol. The Balaban J connectivity index is 1.59. The summed E-state index contributed by atoms with van der Waals surface area (Å²) in [5.41, 5.74) is 2.52. The van der Waals surface area contributed by atoms with Crippen molar-refractivity contribution in [1.29, 1.82) is 5.41 Å². The standard InChI is InChI=1S/C21H16F3N3O2S/c1-12-18(13-5-3-2-4-6-13)26-20(30-12)17-16(28)11-27(19(17)25)14-7-9-15(10-8-14)29-21(22,23)24/h2-10,25,28H,11H2,1H3. The Morgan fingerprint density at radius 1 is 1.10 bits per heavy atom. The molecule has 0 amide bonds. The van der Waals surface area contributed by atoms with Crippen LogP contribution in [-0.2, 0) is 0 Å². The first kappa shape index (κ1) is 20.0. The maximum atomic E-state index is 12.3. The number of nitrogens with one attached hydrogen (secondary N) is 1. The van der Waals surface area contributed by atoms with Gasteiger partial charge >= 0.3 is 6.36 Å². The number of benzene rings is 2. The molecule has 0 radical (unpaired) electrons. The number of hydrogen-bond donors (Lipinski definition) is 2. The molecule has 3 aromatic rings. The van der Waals surface area contributed by atoms with E-state index in [-0.39, 0.29) is 23.9 Å². The number of aromatic nitrogens is 1. The minimum atomic E-state index is -4.77. The summed E-state index contributed by atoms with van der Waals surface area (Å²) in [6.45, 7) is 1.96. The fraction of sp³-hybridized carbons (Fsp3) is 0.143. The van der Waals surface area contributed by atoms with Crippen LogP contribution in [0.4, 0.5) is 18.9 Å². The van der Waals surface area contributed by atoms with Crippen molar-refractivity contribution in [2.45, 2.75) is 13.3 Å². The van der Waals surface area contributed by atoms with E-state index >= 15 is 0 Å². The van der Waals surface area contributed by atoms with Gasteiger partial charge in [0, 0.05) is 16.1 Å². The maximum Gasteiger partial charge on any atom is 0.573 e. The zero-order valence-corrected chi connectivity index (χ0v) is 16.5. The predicted octanol–water partition coefficient (Wildman–Crippen LogP) is 5.78. The van der Waals surface area contributed by atoms with Crippen LogP contribution < -0.4 is 9.64 Å². The average molecular weight is 431 g/mol. The van der Waals surface area contributed by atoms with Crippen LogP contribution in [-0.4, -0.2) is 28.8 Å². The molecule has 1 aliphatic heterocycles. The lowest BCUT2D eigenvalue weighted by Crippen LogP contribution is -2.26. The molecule has 5 nitrogen and oxygen atoms in total. The number of hydrogen-bond acceptors (Lipinski definition) is 5. The number of alkyl halides is 3. The van der Waals surface area contributed by atoms with Gasteiger partial charge in [0.2, 0.25) is 0 Å². The van der Waals surface area contributed by atoms with E-state index < -0.39 is 6.36 Å². The largest absolute Gasteiger partial charge is 0.573 e. The fourth-order valence-electron chi connectivity index (χ4n) is 3.22. The van der Waals surface area contributed by atoms with Gasteiger partial charge < -0.3 is 14.7 Å². The molecule has 1 aliphatic rings. The molecule has 2 heterocycles. The number of aliphatic hydroxyl groups is 1. The average Bonchev–Trinajstić information content (AvgIpc) is 3.21. The van der Waals surface area contributed by atoms with Crippen molar-refractivity contribution in [3.8, 4) is 17.0 Å². The summed E-state index contributed by atoms with van der Waals surface area (Å²) < 4.78 is 40.9. The normalized spacial score (nSPS) is 14.5. The summed E-state index contributed by atoms with van der Waals surface area (Å²) in [6, 6.07) is 14.8. The summed E-state index contributed by atoms with van der Waals surface area (Å²) in [5.74, 6) is -0.327. The first-order chi connectivity index (χ1) is 14.2. The van der Waals surface area contributed by atoms with Crippen molar-refractivity contribution in [1.82, 2.24) is 4.98 Å². The zero-order valence-electron chi connectivity index (χ0n) is 15.7. The van der Waals surface area contributed by atoms with Crippen LogP contribution >= 0.6 is 11.3 Å². The van der Waals surface area contributed by atoms with Gasteiger partial charge in [-0.2, -0.15) is 0 Å². The van der Waals surface area contributed by atoms with Crippen LogP contribution in [0.3, 0.4) is 0 Å².